The van der Waals surface area contributed by atoms with E-state index in [0.717, 1.165) is 22.1 Å². The Balaban J connectivity index is 1.98. The van der Waals surface area contributed by atoms with Crippen molar-refractivity contribution in [3.8, 4) is 11.5 Å². The number of carbonyl (C=O) groups excluding carboxylic acids is 1. The summed E-state index contributed by atoms with van der Waals surface area (Å²) in [7, 11) is 0. The van der Waals surface area contributed by atoms with Crippen LogP contribution in [0, 0.1) is 0 Å². The van der Waals surface area contributed by atoms with E-state index in [9.17, 15) is 4.79 Å². The van der Waals surface area contributed by atoms with Crippen LogP contribution in [0.5, 0.6) is 11.5 Å². The molecule has 7 heteroatoms. The van der Waals surface area contributed by atoms with Gasteiger partial charge < -0.3 is 9.47 Å². The average molecular weight is 471 g/mol. The molecule has 0 bridgehead atoms. The van der Waals surface area contributed by atoms with E-state index in [1.807, 2.05) is 36.1 Å². The fraction of sp³-hybridized carbons (Fsp3) is 0.350. The molecular weight excluding hydrogens is 450 g/mol. The van der Waals surface area contributed by atoms with E-state index in [1.54, 1.807) is 23.9 Å². The first kappa shape index (κ1) is 20.4. The number of halogens is 2. The van der Waals surface area contributed by atoms with Crippen LogP contribution in [-0.4, -0.2) is 24.9 Å². The molecule has 0 aliphatic carbocycles. The van der Waals surface area contributed by atoms with E-state index in [2.05, 4.69) is 22.9 Å². The Bertz CT molecular complexity index is 816. The van der Waals surface area contributed by atoms with Crippen LogP contribution in [0.15, 0.2) is 40.9 Å². The highest BCUT2D eigenvalue weighted by atomic mass is 79.9. The number of carbonyl (C=O) groups is 1. The Labute approximate surface area is 177 Å². The zero-order chi connectivity index (χ0) is 19.4. The molecular formula is C20H21BrClNO3S. The lowest BCUT2D eigenvalue weighted by Crippen LogP contribution is -2.27. The molecule has 1 aliphatic rings. The molecule has 1 saturated heterocycles. The van der Waals surface area contributed by atoms with Crippen molar-refractivity contribution in [3.05, 3.63) is 51.5 Å². The van der Waals surface area contributed by atoms with Crippen LogP contribution in [-0.2, 0) is 4.79 Å². The highest BCUT2D eigenvalue weighted by Crippen LogP contribution is 2.46. The lowest BCUT2D eigenvalue weighted by atomic mass is 10.1. The van der Waals surface area contributed by atoms with Crippen LogP contribution in [0.1, 0.15) is 31.2 Å². The quantitative estimate of drug-likeness (QED) is 0.492. The summed E-state index contributed by atoms with van der Waals surface area (Å²) >= 11 is 11.2. The number of amides is 1. The largest absolute Gasteiger partial charge is 0.490 e. The SMILES string of the molecule is CCCOc1c(Br)cc([C@@H]2SCC(=O)N2c2ccc(Cl)cc2)cc1OCC. The predicted octanol–water partition coefficient (Wildman–Crippen LogP) is 6.07. The van der Waals surface area contributed by atoms with Gasteiger partial charge in [-0.15, -0.1) is 11.8 Å². The fourth-order valence-electron chi connectivity index (χ4n) is 2.89. The third-order valence-electron chi connectivity index (χ3n) is 4.04. The standard InChI is InChI=1S/C20H21BrClNO3S/c1-3-9-26-19-16(21)10-13(11-17(19)25-4-2)20-23(18(24)12-27-20)15-7-5-14(22)6-8-15/h5-8,10-11,20H,3-4,9,12H2,1-2H3/t20-/m0/s1. The number of hydrogen-bond acceptors (Lipinski definition) is 4. The van der Waals surface area contributed by atoms with Crippen molar-refractivity contribution in [2.45, 2.75) is 25.6 Å². The van der Waals surface area contributed by atoms with Gasteiger partial charge in [0.25, 0.3) is 0 Å². The third kappa shape index (κ3) is 4.55. The normalized spacial score (nSPS) is 16.7. The molecule has 4 nitrogen and oxygen atoms in total. The maximum Gasteiger partial charge on any atom is 0.238 e. The Morgan fingerprint density at radius 3 is 2.63 bits per heavy atom. The van der Waals surface area contributed by atoms with Crippen molar-refractivity contribution in [2.24, 2.45) is 0 Å². The van der Waals surface area contributed by atoms with Crippen molar-refractivity contribution in [1.29, 1.82) is 0 Å². The number of benzene rings is 2. The summed E-state index contributed by atoms with van der Waals surface area (Å²) in [6, 6.07) is 11.3. The molecule has 1 amide bonds. The minimum absolute atomic E-state index is 0.0766. The summed E-state index contributed by atoms with van der Waals surface area (Å²) < 4.78 is 12.5. The molecule has 1 heterocycles. The predicted molar refractivity (Wildman–Crippen MR) is 115 cm³/mol. The number of rotatable bonds is 7. The lowest BCUT2D eigenvalue weighted by Gasteiger charge is -2.25. The van der Waals surface area contributed by atoms with E-state index < -0.39 is 0 Å². The summed E-state index contributed by atoms with van der Waals surface area (Å²) in [5.74, 6) is 1.90. The van der Waals surface area contributed by atoms with E-state index in [0.29, 0.717) is 35.5 Å². The van der Waals surface area contributed by atoms with Gasteiger partial charge in [-0.3, -0.25) is 9.69 Å². The molecule has 2 aromatic rings. The maximum absolute atomic E-state index is 12.6. The maximum atomic E-state index is 12.6. The molecule has 0 unspecified atom stereocenters. The molecule has 0 spiro atoms. The molecule has 2 aromatic carbocycles. The second kappa shape index (κ2) is 9.22. The molecule has 0 saturated carbocycles. The fourth-order valence-corrected chi connectivity index (χ4v) is 4.75. The van der Waals surface area contributed by atoms with Crippen molar-refractivity contribution in [2.75, 3.05) is 23.9 Å². The van der Waals surface area contributed by atoms with Gasteiger partial charge in [0.05, 0.1) is 23.4 Å². The Kier molecular flexibility index (Phi) is 6.95. The van der Waals surface area contributed by atoms with Gasteiger partial charge in [-0.25, -0.2) is 0 Å². The van der Waals surface area contributed by atoms with Gasteiger partial charge in [0.15, 0.2) is 11.5 Å². The van der Waals surface area contributed by atoms with Gasteiger partial charge in [0.1, 0.15) is 5.37 Å². The van der Waals surface area contributed by atoms with Gasteiger partial charge >= 0.3 is 0 Å². The smallest absolute Gasteiger partial charge is 0.238 e. The van der Waals surface area contributed by atoms with Gasteiger partial charge in [-0.2, -0.15) is 0 Å². The number of nitrogens with zero attached hydrogens (tertiary/aromatic N) is 1. The van der Waals surface area contributed by atoms with E-state index in [4.69, 9.17) is 21.1 Å². The average Bonchev–Trinajstić information content (AvgIpc) is 3.03. The lowest BCUT2D eigenvalue weighted by molar-refractivity contribution is -0.115. The van der Waals surface area contributed by atoms with E-state index in [1.165, 1.54) is 0 Å². The first-order chi connectivity index (χ1) is 13.0. The van der Waals surface area contributed by atoms with Crippen LogP contribution in [0.2, 0.25) is 5.02 Å². The van der Waals surface area contributed by atoms with Crippen LogP contribution >= 0.6 is 39.3 Å². The molecule has 144 valence electrons. The van der Waals surface area contributed by atoms with Gasteiger partial charge in [-0.1, -0.05) is 18.5 Å². The Morgan fingerprint density at radius 2 is 1.96 bits per heavy atom. The Morgan fingerprint density at radius 1 is 1.22 bits per heavy atom. The zero-order valence-electron chi connectivity index (χ0n) is 15.2. The molecule has 1 atom stereocenters. The van der Waals surface area contributed by atoms with E-state index >= 15 is 0 Å². The molecule has 3 rings (SSSR count). The van der Waals surface area contributed by atoms with Crippen molar-refractivity contribution < 1.29 is 14.3 Å². The molecule has 1 fully saturated rings. The summed E-state index contributed by atoms with van der Waals surface area (Å²) in [5, 5.41) is 0.516. The monoisotopic (exact) mass is 469 g/mol. The van der Waals surface area contributed by atoms with E-state index in [-0.39, 0.29) is 11.3 Å². The highest BCUT2D eigenvalue weighted by Gasteiger charge is 2.35. The second-order valence-electron chi connectivity index (χ2n) is 6.01. The molecule has 0 aromatic heterocycles. The third-order valence-corrected chi connectivity index (χ3v) is 6.09. The summed E-state index contributed by atoms with van der Waals surface area (Å²) in [4.78, 5) is 14.4. The second-order valence-corrected chi connectivity index (χ2v) is 8.37. The Hall–Kier alpha value is -1.37. The number of ether oxygens (including phenoxy) is 2. The summed E-state index contributed by atoms with van der Waals surface area (Å²) in [6.45, 7) is 5.16. The van der Waals surface area contributed by atoms with Crippen LogP contribution in [0.25, 0.3) is 0 Å². The van der Waals surface area contributed by atoms with Crippen LogP contribution < -0.4 is 14.4 Å². The molecule has 27 heavy (non-hydrogen) atoms. The van der Waals surface area contributed by atoms with Gasteiger partial charge in [0, 0.05) is 10.7 Å². The van der Waals surface area contributed by atoms with Crippen molar-refractivity contribution >= 4 is 50.9 Å². The zero-order valence-corrected chi connectivity index (χ0v) is 18.4. The molecule has 0 N–H and O–H groups in total. The topological polar surface area (TPSA) is 38.8 Å². The first-order valence-corrected chi connectivity index (χ1v) is 11.0. The minimum atomic E-state index is -0.130. The van der Waals surface area contributed by atoms with Gasteiger partial charge in [0.2, 0.25) is 5.91 Å². The van der Waals surface area contributed by atoms with Gasteiger partial charge in [-0.05, 0) is 71.2 Å². The summed E-state index contributed by atoms with van der Waals surface area (Å²) in [5.41, 5.74) is 1.82. The molecule has 1 aliphatic heterocycles. The molecule has 0 radical (unpaired) electrons. The number of hydrogen-bond donors (Lipinski definition) is 0. The van der Waals surface area contributed by atoms with Crippen LogP contribution in [0.4, 0.5) is 5.69 Å². The van der Waals surface area contributed by atoms with Crippen LogP contribution in [0.3, 0.4) is 0 Å². The van der Waals surface area contributed by atoms with Crippen molar-refractivity contribution in [1.82, 2.24) is 0 Å². The number of thioether (sulfide) groups is 1. The van der Waals surface area contributed by atoms with Crippen molar-refractivity contribution in [3.63, 3.8) is 0 Å². The minimum Gasteiger partial charge on any atom is -0.490 e. The highest BCUT2D eigenvalue weighted by molar-refractivity contribution is 9.10. The first-order valence-electron chi connectivity index (χ1n) is 8.83. The number of anilines is 1. The summed E-state index contributed by atoms with van der Waals surface area (Å²) in [6.07, 6.45) is 0.914.